The van der Waals surface area contributed by atoms with Gasteiger partial charge in [0.15, 0.2) is 5.96 Å². The molecule has 0 fully saturated rings. The predicted molar refractivity (Wildman–Crippen MR) is 127 cm³/mol. The van der Waals surface area contributed by atoms with E-state index in [1.807, 2.05) is 12.2 Å². The molecular formula is C22H35N7O6. The predicted octanol–water partition coefficient (Wildman–Crippen LogP) is -2.11. The molecule has 3 amide bonds. The Bertz CT molecular complexity index is 903. The van der Waals surface area contributed by atoms with Crippen molar-refractivity contribution in [2.24, 2.45) is 11.5 Å². The van der Waals surface area contributed by atoms with Crippen molar-refractivity contribution in [3.63, 3.8) is 0 Å². The highest BCUT2D eigenvalue weighted by Gasteiger charge is 2.29. The summed E-state index contributed by atoms with van der Waals surface area (Å²) < 4.78 is 0. The van der Waals surface area contributed by atoms with Gasteiger partial charge in [0.2, 0.25) is 17.7 Å². The maximum absolute atomic E-state index is 12.6. The van der Waals surface area contributed by atoms with Gasteiger partial charge < -0.3 is 42.5 Å². The molecule has 13 heteroatoms. The summed E-state index contributed by atoms with van der Waals surface area (Å²) in [6, 6.07) is -4.03. The highest BCUT2D eigenvalue weighted by atomic mass is 16.4. The van der Waals surface area contributed by atoms with Crippen LogP contribution in [0, 0.1) is 5.41 Å². The van der Waals surface area contributed by atoms with Crippen LogP contribution in [0.1, 0.15) is 39.0 Å². The number of aliphatic hydroxyl groups is 1. The Labute approximate surface area is 203 Å². The number of carboxylic acid groups (broad SMARTS) is 1. The van der Waals surface area contributed by atoms with Crippen LogP contribution >= 0.6 is 0 Å². The van der Waals surface area contributed by atoms with Crippen LogP contribution < -0.4 is 27.4 Å². The van der Waals surface area contributed by atoms with E-state index in [-0.39, 0.29) is 18.8 Å². The summed E-state index contributed by atoms with van der Waals surface area (Å²) >= 11 is 0. The SMILES string of the molecule is CC(NC(=O)C(CO)NC(=O)C(N)CC1=CCN(C(=N)N)C1)C(=O)NC(CC(=O)O)C1=CCCC1. The number of rotatable bonds is 12. The lowest BCUT2D eigenvalue weighted by atomic mass is 10.0. The Morgan fingerprint density at radius 3 is 2.40 bits per heavy atom. The Balaban J connectivity index is 1.87. The number of nitrogens with one attached hydrogen (secondary N) is 4. The quantitative estimate of drug-likeness (QED) is 0.0844. The van der Waals surface area contributed by atoms with E-state index in [0.717, 1.165) is 24.0 Å². The second-order valence-corrected chi connectivity index (χ2v) is 8.74. The molecule has 35 heavy (non-hydrogen) atoms. The van der Waals surface area contributed by atoms with Crippen LogP contribution in [0.15, 0.2) is 23.3 Å². The zero-order valence-corrected chi connectivity index (χ0v) is 19.8. The molecule has 10 N–H and O–H groups in total. The first-order valence-corrected chi connectivity index (χ1v) is 11.5. The van der Waals surface area contributed by atoms with Crippen molar-refractivity contribution < 1.29 is 29.4 Å². The van der Waals surface area contributed by atoms with Crippen molar-refractivity contribution >= 4 is 29.7 Å². The second-order valence-electron chi connectivity index (χ2n) is 8.74. The van der Waals surface area contributed by atoms with Crippen LogP contribution in [0.5, 0.6) is 0 Å². The summed E-state index contributed by atoms with van der Waals surface area (Å²) in [5, 5.41) is 33.7. The molecule has 0 aromatic rings. The molecule has 2 rings (SSSR count). The molecule has 13 nitrogen and oxygen atoms in total. The third kappa shape index (κ3) is 8.37. The number of aliphatic hydroxyl groups excluding tert-OH is 1. The molecular weight excluding hydrogens is 458 g/mol. The van der Waals surface area contributed by atoms with E-state index in [1.54, 1.807) is 4.90 Å². The van der Waals surface area contributed by atoms with E-state index in [2.05, 4.69) is 16.0 Å². The van der Waals surface area contributed by atoms with Crippen molar-refractivity contribution in [1.82, 2.24) is 20.9 Å². The van der Waals surface area contributed by atoms with Gasteiger partial charge in [-0.25, -0.2) is 0 Å². The number of amides is 3. The smallest absolute Gasteiger partial charge is 0.305 e. The third-order valence-corrected chi connectivity index (χ3v) is 5.94. The molecule has 1 heterocycles. The molecule has 0 bridgehead atoms. The monoisotopic (exact) mass is 493 g/mol. The summed E-state index contributed by atoms with van der Waals surface area (Å²) in [6.45, 7) is 1.54. The van der Waals surface area contributed by atoms with E-state index in [4.69, 9.17) is 22.0 Å². The van der Waals surface area contributed by atoms with E-state index in [1.165, 1.54) is 6.92 Å². The third-order valence-electron chi connectivity index (χ3n) is 5.94. The minimum Gasteiger partial charge on any atom is -0.481 e. The van der Waals surface area contributed by atoms with E-state index < -0.39 is 54.5 Å². The lowest BCUT2D eigenvalue weighted by Crippen LogP contribution is -2.57. The number of allylic oxidation sites excluding steroid dienone is 1. The average Bonchev–Trinajstić information content (AvgIpc) is 3.48. The van der Waals surface area contributed by atoms with Crippen molar-refractivity contribution in [3.8, 4) is 0 Å². The molecule has 0 saturated carbocycles. The number of aliphatic carboxylic acids is 1. The van der Waals surface area contributed by atoms with Crippen LogP contribution in [0.2, 0.25) is 0 Å². The second kappa shape index (κ2) is 12.9. The fourth-order valence-corrected chi connectivity index (χ4v) is 3.93. The van der Waals surface area contributed by atoms with E-state index in [0.29, 0.717) is 19.5 Å². The average molecular weight is 494 g/mol. The standard InChI is InChI=1S/C22H35N7O6/c1-12(19(33)27-16(9-18(31)32)14-4-2-3-5-14)26-21(35)17(11-30)28-20(34)15(23)8-13-6-7-29(10-13)22(24)25/h4,6,12,15-17,30H,2-3,5,7-11,23H2,1H3,(H3,24,25)(H,26,35)(H,27,33)(H,28,34)(H,31,32). The van der Waals surface area contributed by atoms with Crippen LogP contribution in [0.3, 0.4) is 0 Å². The molecule has 1 aliphatic carbocycles. The minimum absolute atomic E-state index is 0.0845. The summed E-state index contributed by atoms with van der Waals surface area (Å²) in [6.07, 6.45) is 6.06. The van der Waals surface area contributed by atoms with Crippen molar-refractivity contribution in [2.45, 2.75) is 63.2 Å². The molecule has 0 spiro atoms. The van der Waals surface area contributed by atoms with Crippen LogP contribution in [0.25, 0.3) is 0 Å². The van der Waals surface area contributed by atoms with Crippen molar-refractivity contribution in [2.75, 3.05) is 19.7 Å². The van der Waals surface area contributed by atoms with Crippen LogP contribution in [0.4, 0.5) is 0 Å². The maximum atomic E-state index is 12.6. The maximum Gasteiger partial charge on any atom is 0.305 e. The van der Waals surface area contributed by atoms with Crippen molar-refractivity contribution in [3.05, 3.63) is 23.3 Å². The van der Waals surface area contributed by atoms with Gasteiger partial charge in [0.05, 0.1) is 25.1 Å². The number of carbonyl (C=O) groups excluding carboxylic acids is 3. The number of hydrogen-bond acceptors (Lipinski definition) is 7. The van der Waals surface area contributed by atoms with E-state index >= 15 is 0 Å². The normalized spacial score (nSPS) is 18.5. The topological polar surface area (TPSA) is 224 Å². The molecule has 4 unspecified atom stereocenters. The zero-order chi connectivity index (χ0) is 26.1. The highest BCUT2D eigenvalue weighted by Crippen LogP contribution is 2.22. The number of nitrogens with two attached hydrogens (primary N) is 2. The Hall–Kier alpha value is -3.45. The van der Waals surface area contributed by atoms with Crippen LogP contribution in [-0.4, -0.2) is 88.6 Å². The Kier molecular flexibility index (Phi) is 10.2. The molecule has 194 valence electrons. The van der Waals surface area contributed by atoms with Gasteiger partial charge in [-0.3, -0.25) is 24.6 Å². The Morgan fingerprint density at radius 1 is 1.14 bits per heavy atom. The van der Waals surface area contributed by atoms with Gasteiger partial charge in [-0.15, -0.1) is 0 Å². The molecule has 0 aromatic heterocycles. The first-order chi connectivity index (χ1) is 16.5. The summed E-state index contributed by atoms with van der Waals surface area (Å²) in [5.74, 6) is -3.16. The van der Waals surface area contributed by atoms with Gasteiger partial charge in [0.1, 0.15) is 12.1 Å². The number of carbonyl (C=O) groups is 4. The lowest BCUT2D eigenvalue weighted by Gasteiger charge is -2.24. The molecule has 4 atom stereocenters. The van der Waals surface area contributed by atoms with Gasteiger partial charge in [0.25, 0.3) is 0 Å². The number of guanidine groups is 1. The molecule has 0 saturated heterocycles. The molecule has 0 radical (unpaired) electrons. The molecule has 1 aliphatic heterocycles. The summed E-state index contributed by atoms with van der Waals surface area (Å²) in [7, 11) is 0. The lowest BCUT2D eigenvalue weighted by molar-refractivity contribution is -0.137. The van der Waals surface area contributed by atoms with Gasteiger partial charge in [-0.2, -0.15) is 0 Å². The number of carboxylic acids is 1. The fraction of sp³-hybridized carbons (Fsp3) is 0.591. The first-order valence-electron chi connectivity index (χ1n) is 11.5. The summed E-state index contributed by atoms with van der Waals surface area (Å²) in [4.78, 5) is 50.4. The molecule has 2 aliphatic rings. The van der Waals surface area contributed by atoms with Crippen LogP contribution in [-0.2, 0) is 19.2 Å². The number of hydrogen-bond donors (Lipinski definition) is 8. The Morgan fingerprint density at radius 2 is 1.86 bits per heavy atom. The highest BCUT2D eigenvalue weighted by molar-refractivity contribution is 5.93. The van der Waals surface area contributed by atoms with Gasteiger partial charge in [-0.05, 0) is 32.6 Å². The largest absolute Gasteiger partial charge is 0.481 e. The fourth-order valence-electron chi connectivity index (χ4n) is 3.93. The van der Waals surface area contributed by atoms with Gasteiger partial charge in [-0.1, -0.05) is 23.3 Å². The first kappa shape index (κ1) is 27.8. The zero-order valence-electron chi connectivity index (χ0n) is 19.8. The van der Waals surface area contributed by atoms with Crippen molar-refractivity contribution in [1.29, 1.82) is 5.41 Å². The number of nitrogens with zero attached hydrogens (tertiary/aromatic N) is 1. The van der Waals surface area contributed by atoms with Gasteiger partial charge in [0, 0.05) is 13.1 Å². The summed E-state index contributed by atoms with van der Waals surface area (Å²) in [5.41, 5.74) is 13.1. The van der Waals surface area contributed by atoms with Gasteiger partial charge >= 0.3 is 5.97 Å². The minimum atomic E-state index is -1.33. The van der Waals surface area contributed by atoms with E-state index in [9.17, 15) is 24.3 Å². The molecule has 0 aromatic carbocycles.